The second-order valence-electron chi connectivity index (χ2n) is 6.86. The highest BCUT2D eigenvalue weighted by atomic mass is 32.2. The van der Waals surface area contributed by atoms with Crippen molar-refractivity contribution >= 4 is 11.8 Å². The third-order valence-corrected chi connectivity index (χ3v) is 5.58. The van der Waals surface area contributed by atoms with E-state index in [2.05, 4.69) is 64.8 Å². The molecule has 2 heterocycles. The average Bonchev–Trinajstić information content (AvgIpc) is 3.38. The summed E-state index contributed by atoms with van der Waals surface area (Å²) in [5, 5.41) is 9.33. The number of rotatable bonds is 6. The lowest BCUT2D eigenvalue weighted by molar-refractivity contribution is 0.509. The highest BCUT2D eigenvalue weighted by molar-refractivity contribution is 7.99. The minimum atomic E-state index is -0.0164. The van der Waals surface area contributed by atoms with Crippen molar-refractivity contribution < 1.29 is 4.42 Å². The van der Waals surface area contributed by atoms with E-state index in [0.717, 1.165) is 16.4 Å². The van der Waals surface area contributed by atoms with Gasteiger partial charge in [0.05, 0.1) is 10.9 Å². The van der Waals surface area contributed by atoms with E-state index in [-0.39, 0.29) is 5.25 Å². The molecule has 6 heteroatoms. The fraction of sp³-hybridized carbons (Fsp3) is 0.227. The van der Waals surface area contributed by atoms with Crippen LogP contribution >= 0.6 is 11.8 Å². The zero-order valence-corrected chi connectivity index (χ0v) is 16.9. The predicted octanol–water partition coefficient (Wildman–Crippen LogP) is 5.90. The van der Waals surface area contributed by atoms with Gasteiger partial charge >= 0.3 is 0 Å². The second kappa shape index (κ2) is 8.02. The molecule has 2 aromatic heterocycles. The smallest absolute Gasteiger partial charge is 0.247 e. The molecule has 4 aromatic rings. The molecular formula is C22H22N4OS. The van der Waals surface area contributed by atoms with Crippen LogP contribution in [0.15, 0.2) is 76.6 Å². The number of thioether (sulfide) groups is 1. The van der Waals surface area contributed by atoms with E-state index in [4.69, 9.17) is 4.42 Å². The molecule has 1 unspecified atom stereocenters. The van der Waals surface area contributed by atoms with Crippen LogP contribution in [-0.4, -0.2) is 19.7 Å². The molecule has 5 nitrogen and oxygen atoms in total. The van der Waals surface area contributed by atoms with Crippen LogP contribution in [0.25, 0.3) is 17.1 Å². The molecule has 0 saturated carbocycles. The van der Waals surface area contributed by atoms with Crippen LogP contribution in [0.3, 0.4) is 0 Å². The maximum absolute atomic E-state index is 5.91. The van der Waals surface area contributed by atoms with Crippen molar-refractivity contribution in [1.82, 2.24) is 19.7 Å². The van der Waals surface area contributed by atoms with Gasteiger partial charge < -0.3 is 4.42 Å². The molecule has 142 valence electrons. The standard InChI is InChI=1S/C22H22N4OS/c1-15(2)18-11-7-8-12-19(18)26-14-13-23-22(26)28-16(3)20-24-25-21(27-20)17-9-5-4-6-10-17/h4-16H,1-3H3. The lowest BCUT2D eigenvalue weighted by atomic mass is 10.0. The first kappa shape index (κ1) is 18.5. The minimum Gasteiger partial charge on any atom is -0.419 e. The summed E-state index contributed by atoms with van der Waals surface area (Å²) in [6.45, 7) is 6.46. The summed E-state index contributed by atoms with van der Waals surface area (Å²) >= 11 is 1.61. The fourth-order valence-electron chi connectivity index (χ4n) is 3.06. The summed E-state index contributed by atoms with van der Waals surface area (Å²) < 4.78 is 8.04. The quantitative estimate of drug-likeness (QED) is 0.384. The fourth-order valence-corrected chi connectivity index (χ4v) is 3.97. The number of nitrogens with zero attached hydrogens (tertiary/aromatic N) is 4. The SMILES string of the molecule is CC(C)c1ccccc1-n1ccnc1SC(C)c1nnc(-c2ccccc2)o1. The third kappa shape index (κ3) is 3.73. The van der Waals surface area contributed by atoms with Crippen LogP contribution in [0.1, 0.15) is 43.4 Å². The Bertz CT molecular complexity index is 1060. The first-order valence-electron chi connectivity index (χ1n) is 9.31. The highest BCUT2D eigenvalue weighted by Crippen LogP contribution is 2.36. The van der Waals surface area contributed by atoms with E-state index in [0.29, 0.717) is 17.7 Å². The Morgan fingerprint density at radius 1 is 0.929 bits per heavy atom. The van der Waals surface area contributed by atoms with Crippen LogP contribution in [-0.2, 0) is 0 Å². The van der Waals surface area contributed by atoms with Crippen LogP contribution < -0.4 is 0 Å². The number of hydrogen-bond acceptors (Lipinski definition) is 5. The molecule has 0 N–H and O–H groups in total. The van der Waals surface area contributed by atoms with Gasteiger partial charge in [-0.1, -0.05) is 62.0 Å². The van der Waals surface area contributed by atoms with Crippen LogP contribution in [0, 0.1) is 0 Å². The van der Waals surface area contributed by atoms with Crippen LogP contribution in [0.2, 0.25) is 0 Å². The largest absolute Gasteiger partial charge is 0.419 e. The van der Waals surface area contributed by atoms with Gasteiger partial charge in [-0.15, -0.1) is 10.2 Å². The van der Waals surface area contributed by atoms with Gasteiger partial charge in [-0.2, -0.15) is 0 Å². The van der Waals surface area contributed by atoms with E-state index >= 15 is 0 Å². The first-order valence-corrected chi connectivity index (χ1v) is 10.2. The summed E-state index contributed by atoms with van der Waals surface area (Å²) in [4.78, 5) is 4.56. The zero-order valence-electron chi connectivity index (χ0n) is 16.1. The Hall–Kier alpha value is -2.86. The lowest BCUT2D eigenvalue weighted by Gasteiger charge is -2.16. The average molecular weight is 391 g/mol. The monoisotopic (exact) mass is 390 g/mol. The maximum atomic E-state index is 5.91. The van der Waals surface area contributed by atoms with Gasteiger partial charge in [0.15, 0.2) is 5.16 Å². The summed E-state index contributed by atoms with van der Waals surface area (Å²) in [5.41, 5.74) is 3.37. The van der Waals surface area contributed by atoms with Gasteiger partial charge in [-0.05, 0) is 36.6 Å². The number of benzene rings is 2. The first-order chi connectivity index (χ1) is 13.6. The van der Waals surface area contributed by atoms with Crippen molar-refractivity contribution in [3.63, 3.8) is 0 Å². The Labute approximate surface area is 168 Å². The highest BCUT2D eigenvalue weighted by Gasteiger charge is 2.20. The molecule has 0 amide bonds. The van der Waals surface area contributed by atoms with Gasteiger partial charge in [-0.25, -0.2) is 4.98 Å². The van der Waals surface area contributed by atoms with Crippen molar-refractivity contribution in [2.45, 2.75) is 37.1 Å². The number of aromatic nitrogens is 4. The Balaban J connectivity index is 1.58. The van der Waals surface area contributed by atoms with Crippen LogP contribution in [0.5, 0.6) is 0 Å². The summed E-state index contributed by atoms with van der Waals surface area (Å²) in [7, 11) is 0. The molecule has 0 spiro atoms. The molecule has 4 rings (SSSR count). The van der Waals surface area contributed by atoms with E-state index in [1.54, 1.807) is 11.8 Å². The van der Waals surface area contributed by atoms with Crippen molar-refractivity contribution in [2.75, 3.05) is 0 Å². The van der Waals surface area contributed by atoms with E-state index in [1.165, 1.54) is 5.56 Å². The molecule has 0 aliphatic carbocycles. The zero-order chi connectivity index (χ0) is 19.5. The van der Waals surface area contributed by atoms with E-state index in [1.807, 2.05) is 42.7 Å². The molecule has 0 saturated heterocycles. The normalized spacial score (nSPS) is 12.4. The summed E-state index contributed by atoms with van der Waals surface area (Å²) in [5.74, 6) is 1.56. The third-order valence-electron chi connectivity index (χ3n) is 4.52. The predicted molar refractivity (Wildman–Crippen MR) is 112 cm³/mol. The maximum Gasteiger partial charge on any atom is 0.247 e. The Morgan fingerprint density at radius 3 is 2.46 bits per heavy atom. The molecule has 0 radical (unpaired) electrons. The molecule has 1 atom stereocenters. The molecule has 2 aromatic carbocycles. The second-order valence-corrected chi connectivity index (χ2v) is 8.17. The minimum absolute atomic E-state index is 0.0164. The van der Waals surface area contributed by atoms with Crippen LogP contribution in [0.4, 0.5) is 0 Å². The van der Waals surface area contributed by atoms with Crippen molar-refractivity contribution in [3.05, 3.63) is 78.4 Å². The molecule has 0 fully saturated rings. The molecule has 0 aliphatic rings. The van der Waals surface area contributed by atoms with Crippen molar-refractivity contribution in [1.29, 1.82) is 0 Å². The van der Waals surface area contributed by atoms with Crippen molar-refractivity contribution in [2.24, 2.45) is 0 Å². The number of hydrogen-bond donors (Lipinski definition) is 0. The summed E-state index contributed by atoms with van der Waals surface area (Å²) in [6.07, 6.45) is 3.83. The van der Waals surface area contributed by atoms with E-state index < -0.39 is 0 Å². The Kier molecular flexibility index (Phi) is 5.30. The van der Waals surface area contributed by atoms with Gasteiger partial charge in [-0.3, -0.25) is 4.57 Å². The van der Waals surface area contributed by atoms with Crippen molar-refractivity contribution in [3.8, 4) is 17.1 Å². The van der Waals surface area contributed by atoms with E-state index in [9.17, 15) is 0 Å². The van der Waals surface area contributed by atoms with Gasteiger partial charge in [0.1, 0.15) is 0 Å². The lowest BCUT2D eigenvalue weighted by Crippen LogP contribution is -2.02. The van der Waals surface area contributed by atoms with Gasteiger partial charge in [0.2, 0.25) is 11.8 Å². The summed E-state index contributed by atoms with van der Waals surface area (Å²) in [6, 6.07) is 18.2. The number of para-hydroxylation sites is 1. The molecular weight excluding hydrogens is 368 g/mol. The van der Waals surface area contributed by atoms with Gasteiger partial charge in [0, 0.05) is 18.0 Å². The number of imidazole rings is 1. The molecule has 0 aliphatic heterocycles. The van der Waals surface area contributed by atoms with Gasteiger partial charge in [0.25, 0.3) is 0 Å². The Morgan fingerprint density at radius 2 is 1.68 bits per heavy atom. The molecule has 28 heavy (non-hydrogen) atoms. The molecule has 0 bridgehead atoms. The topological polar surface area (TPSA) is 56.7 Å².